The molecule has 0 aliphatic rings. The third-order valence-corrected chi connectivity index (χ3v) is 3.22. The van der Waals surface area contributed by atoms with E-state index in [1.165, 1.54) is 0 Å². The largest absolute Gasteiger partial charge is 0.495 e. The second kappa shape index (κ2) is 6.67. The van der Waals surface area contributed by atoms with Crippen LogP contribution < -0.4 is 14.8 Å². The van der Waals surface area contributed by atoms with Gasteiger partial charge in [0.25, 0.3) is 0 Å². The van der Waals surface area contributed by atoms with Crippen LogP contribution in [0.2, 0.25) is 0 Å². The number of anilines is 1. The van der Waals surface area contributed by atoms with Crippen molar-refractivity contribution in [3.63, 3.8) is 0 Å². The maximum absolute atomic E-state index is 8.99. The first-order valence-corrected chi connectivity index (χ1v) is 6.63. The molecule has 0 spiro atoms. The molecule has 0 amide bonds. The Bertz CT molecular complexity index is 675. The van der Waals surface area contributed by atoms with Crippen LogP contribution in [0, 0.1) is 18.3 Å². The number of methoxy groups -OCH3 is 2. The Kier molecular flexibility index (Phi) is 4.68. The molecule has 2 rings (SSSR count). The average Bonchev–Trinajstić information content (AvgIpc) is 2.52. The molecule has 0 radical (unpaired) electrons. The van der Waals surface area contributed by atoms with Crippen LogP contribution in [-0.4, -0.2) is 14.2 Å². The van der Waals surface area contributed by atoms with Crippen LogP contribution in [0.5, 0.6) is 11.5 Å². The highest BCUT2D eigenvalue weighted by Gasteiger charge is 2.06. The summed E-state index contributed by atoms with van der Waals surface area (Å²) in [5, 5.41) is 12.3. The number of aryl methyl sites for hydroxylation is 1. The van der Waals surface area contributed by atoms with Gasteiger partial charge in [-0.25, -0.2) is 0 Å². The summed E-state index contributed by atoms with van der Waals surface area (Å²) in [5.41, 5.74) is 3.68. The van der Waals surface area contributed by atoms with Crippen molar-refractivity contribution in [2.75, 3.05) is 19.5 Å². The van der Waals surface area contributed by atoms with E-state index in [1.54, 1.807) is 20.3 Å². The summed E-state index contributed by atoms with van der Waals surface area (Å²) in [4.78, 5) is 0. The van der Waals surface area contributed by atoms with Crippen molar-refractivity contribution in [1.82, 2.24) is 0 Å². The zero-order valence-corrected chi connectivity index (χ0v) is 12.4. The monoisotopic (exact) mass is 282 g/mol. The first kappa shape index (κ1) is 14.7. The van der Waals surface area contributed by atoms with Gasteiger partial charge in [0.2, 0.25) is 0 Å². The molecule has 0 aromatic heterocycles. The summed E-state index contributed by atoms with van der Waals surface area (Å²) in [6.45, 7) is 2.66. The van der Waals surface area contributed by atoms with Gasteiger partial charge in [0.15, 0.2) is 0 Å². The second-order valence-corrected chi connectivity index (χ2v) is 4.70. The SMILES string of the molecule is COc1cc(CNc2cc(C)ccc2OC)ccc1C#N. The van der Waals surface area contributed by atoms with Crippen molar-refractivity contribution in [2.45, 2.75) is 13.5 Å². The van der Waals surface area contributed by atoms with Gasteiger partial charge in [-0.1, -0.05) is 12.1 Å². The quantitative estimate of drug-likeness (QED) is 0.912. The standard InChI is InChI=1S/C17H18N2O2/c1-12-4-7-16(20-2)15(8-12)19-11-13-5-6-14(10-18)17(9-13)21-3/h4-9,19H,11H2,1-3H3. The molecule has 0 unspecified atom stereocenters. The first-order chi connectivity index (χ1) is 10.2. The van der Waals surface area contributed by atoms with Crippen molar-refractivity contribution in [3.8, 4) is 17.6 Å². The highest BCUT2D eigenvalue weighted by atomic mass is 16.5. The van der Waals surface area contributed by atoms with Gasteiger partial charge in [-0.2, -0.15) is 5.26 Å². The molecule has 4 nitrogen and oxygen atoms in total. The fourth-order valence-electron chi connectivity index (χ4n) is 2.10. The van der Waals surface area contributed by atoms with Crippen LogP contribution in [-0.2, 0) is 6.54 Å². The Labute approximate surface area is 124 Å². The van der Waals surface area contributed by atoms with Gasteiger partial charge in [0.05, 0.1) is 25.5 Å². The molecular formula is C17H18N2O2. The summed E-state index contributed by atoms with van der Waals surface area (Å²) in [6, 6.07) is 13.6. The number of nitrogens with zero attached hydrogens (tertiary/aromatic N) is 1. The normalized spacial score (nSPS) is 9.81. The summed E-state index contributed by atoms with van der Waals surface area (Å²) in [6.07, 6.45) is 0. The number of hydrogen-bond acceptors (Lipinski definition) is 4. The maximum Gasteiger partial charge on any atom is 0.141 e. The third-order valence-electron chi connectivity index (χ3n) is 3.22. The lowest BCUT2D eigenvalue weighted by Crippen LogP contribution is -2.02. The predicted octanol–water partition coefficient (Wildman–Crippen LogP) is 3.50. The highest BCUT2D eigenvalue weighted by Crippen LogP contribution is 2.26. The van der Waals surface area contributed by atoms with Gasteiger partial charge in [-0.05, 0) is 42.3 Å². The van der Waals surface area contributed by atoms with Crippen LogP contribution >= 0.6 is 0 Å². The number of ether oxygens (including phenoxy) is 2. The molecule has 0 heterocycles. The third kappa shape index (κ3) is 3.46. The van der Waals surface area contributed by atoms with Gasteiger partial charge < -0.3 is 14.8 Å². The highest BCUT2D eigenvalue weighted by molar-refractivity contribution is 5.58. The van der Waals surface area contributed by atoms with E-state index in [4.69, 9.17) is 14.7 Å². The summed E-state index contributed by atoms with van der Waals surface area (Å²) in [5.74, 6) is 1.40. The summed E-state index contributed by atoms with van der Waals surface area (Å²) in [7, 11) is 3.22. The lowest BCUT2D eigenvalue weighted by molar-refractivity contribution is 0.413. The molecule has 0 fully saturated rings. The maximum atomic E-state index is 8.99. The van der Waals surface area contributed by atoms with Crippen LogP contribution in [0.15, 0.2) is 36.4 Å². The minimum atomic E-state index is 0.536. The van der Waals surface area contributed by atoms with Gasteiger partial charge >= 0.3 is 0 Å². The summed E-state index contributed by atoms with van der Waals surface area (Å²) >= 11 is 0. The van der Waals surface area contributed by atoms with E-state index < -0.39 is 0 Å². The van der Waals surface area contributed by atoms with Crippen LogP contribution in [0.25, 0.3) is 0 Å². The van der Waals surface area contributed by atoms with Crippen LogP contribution in [0.3, 0.4) is 0 Å². The number of nitriles is 1. The van der Waals surface area contributed by atoms with E-state index >= 15 is 0 Å². The molecule has 0 aliphatic heterocycles. The van der Waals surface area contributed by atoms with E-state index in [0.717, 1.165) is 22.6 Å². The minimum absolute atomic E-state index is 0.536. The lowest BCUT2D eigenvalue weighted by atomic mass is 10.1. The van der Waals surface area contributed by atoms with Gasteiger partial charge in [-0.3, -0.25) is 0 Å². The smallest absolute Gasteiger partial charge is 0.141 e. The van der Waals surface area contributed by atoms with E-state index in [1.807, 2.05) is 37.3 Å². The van der Waals surface area contributed by atoms with Crippen molar-refractivity contribution in [3.05, 3.63) is 53.1 Å². The molecule has 1 N–H and O–H groups in total. The lowest BCUT2D eigenvalue weighted by Gasteiger charge is -2.13. The van der Waals surface area contributed by atoms with Gasteiger partial charge in [0, 0.05) is 6.54 Å². The first-order valence-electron chi connectivity index (χ1n) is 6.63. The Hall–Kier alpha value is -2.67. The fraction of sp³-hybridized carbons (Fsp3) is 0.235. The average molecular weight is 282 g/mol. The Morgan fingerprint density at radius 2 is 1.81 bits per heavy atom. The molecule has 21 heavy (non-hydrogen) atoms. The van der Waals surface area contributed by atoms with Gasteiger partial charge in [-0.15, -0.1) is 0 Å². The summed E-state index contributed by atoms with van der Waals surface area (Å²) < 4.78 is 10.6. The molecule has 108 valence electrons. The number of benzene rings is 2. The van der Waals surface area contributed by atoms with Crippen LogP contribution in [0.1, 0.15) is 16.7 Å². The zero-order valence-electron chi connectivity index (χ0n) is 12.4. The molecule has 4 heteroatoms. The van der Waals surface area contributed by atoms with E-state index in [-0.39, 0.29) is 0 Å². The molecule has 0 saturated carbocycles. The molecular weight excluding hydrogens is 264 g/mol. The number of rotatable bonds is 5. The zero-order chi connectivity index (χ0) is 15.2. The second-order valence-electron chi connectivity index (χ2n) is 4.70. The van der Waals surface area contributed by atoms with Gasteiger partial charge in [0.1, 0.15) is 17.6 Å². The van der Waals surface area contributed by atoms with E-state index in [2.05, 4.69) is 11.4 Å². The van der Waals surface area contributed by atoms with Crippen LogP contribution in [0.4, 0.5) is 5.69 Å². The fourth-order valence-corrected chi connectivity index (χ4v) is 2.10. The molecule has 2 aromatic carbocycles. The molecule has 0 atom stereocenters. The predicted molar refractivity (Wildman–Crippen MR) is 82.8 cm³/mol. The van der Waals surface area contributed by atoms with Crippen molar-refractivity contribution >= 4 is 5.69 Å². The van der Waals surface area contributed by atoms with Crippen molar-refractivity contribution in [2.24, 2.45) is 0 Å². The molecule has 0 saturated heterocycles. The molecule has 2 aromatic rings. The minimum Gasteiger partial charge on any atom is -0.495 e. The molecule has 0 bridgehead atoms. The number of nitrogens with one attached hydrogen (secondary N) is 1. The Morgan fingerprint density at radius 3 is 2.48 bits per heavy atom. The van der Waals surface area contributed by atoms with Crippen molar-refractivity contribution in [1.29, 1.82) is 5.26 Å². The Morgan fingerprint density at radius 1 is 1.05 bits per heavy atom. The topological polar surface area (TPSA) is 54.3 Å². The number of hydrogen-bond donors (Lipinski definition) is 1. The van der Waals surface area contributed by atoms with E-state index in [9.17, 15) is 0 Å². The van der Waals surface area contributed by atoms with Crippen molar-refractivity contribution < 1.29 is 9.47 Å². The van der Waals surface area contributed by atoms with E-state index in [0.29, 0.717) is 17.9 Å². The Balaban J connectivity index is 2.17. The molecule has 0 aliphatic carbocycles.